The molecule has 2 amide bonds. The zero-order valence-electron chi connectivity index (χ0n) is 20.9. The maximum absolute atomic E-state index is 13.3. The fourth-order valence-electron chi connectivity index (χ4n) is 4.80. The number of rotatable bonds is 7. The zero-order chi connectivity index (χ0) is 27.1. The van der Waals surface area contributed by atoms with Gasteiger partial charge in [-0.3, -0.25) is 9.59 Å². The van der Waals surface area contributed by atoms with Crippen LogP contribution in [0.4, 0.5) is 13.2 Å². The summed E-state index contributed by atoms with van der Waals surface area (Å²) in [5.74, 6) is -1.09. The van der Waals surface area contributed by atoms with E-state index in [1.165, 1.54) is 30.3 Å². The molecule has 3 aromatic rings. The second kappa shape index (κ2) is 12.2. The lowest BCUT2D eigenvalue weighted by Crippen LogP contribution is -2.50. The van der Waals surface area contributed by atoms with E-state index < -0.39 is 23.7 Å². The third-order valence-electron chi connectivity index (χ3n) is 6.87. The molecule has 3 N–H and O–H groups in total. The first-order chi connectivity index (χ1) is 18.2. The SMILES string of the molecule is O=C(N[C@@H](Cc1ccccc1)C(=O)NC1CCCCCC1)c1ccc(O)c(-c2cccc(C(F)(F)F)c2)c1. The Kier molecular flexibility index (Phi) is 8.71. The number of alkyl halides is 3. The first-order valence-corrected chi connectivity index (χ1v) is 12.9. The second-order valence-corrected chi connectivity index (χ2v) is 9.72. The number of amides is 2. The Balaban J connectivity index is 1.56. The minimum atomic E-state index is -4.55. The minimum Gasteiger partial charge on any atom is -0.507 e. The van der Waals surface area contributed by atoms with Gasteiger partial charge in [-0.25, -0.2) is 0 Å². The number of aromatic hydroxyl groups is 1. The van der Waals surface area contributed by atoms with Gasteiger partial charge in [-0.05, 0) is 54.3 Å². The third kappa shape index (κ3) is 7.15. The van der Waals surface area contributed by atoms with E-state index in [1.54, 1.807) is 0 Å². The number of hydrogen-bond donors (Lipinski definition) is 3. The average molecular weight is 525 g/mol. The van der Waals surface area contributed by atoms with Gasteiger partial charge in [0, 0.05) is 23.6 Å². The smallest absolute Gasteiger partial charge is 0.416 e. The number of carbonyl (C=O) groups excluding carboxylic acids is 2. The Morgan fingerprint density at radius 1 is 0.895 bits per heavy atom. The highest BCUT2D eigenvalue weighted by molar-refractivity contribution is 5.99. The molecule has 4 rings (SSSR count). The molecule has 1 aliphatic carbocycles. The number of phenolic OH excluding ortho intramolecular Hbond substituents is 1. The van der Waals surface area contributed by atoms with Gasteiger partial charge in [-0.2, -0.15) is 13.2 Å². The van der Waals surface area contributed by atoms with Crippen molar-refractivity contribution in [1.29, 1.82) is 0 Å². The van der Waals surface area contributed by atoms with Crippen LogP contribution < -0.4 is 10.6 Å². The molecular weight excluding hydrogens is 493 g/mol. The summed E-state index contributed by atoms with van der Waals surface area (Å²) < 4.78 is 39.6. The van der Waals surface area contributed by atoms with Gasteiger partial charge in [0.05, 0.1) is 5.56 Å². The number of carbonyl (C=O) groups is 2. The predicted molar refractivity (Wildman–Crippen MR) is 140 cm³/mol. The molecule has 0 heterocycles. The molecule has 1 atom stereocenters. The van der Waals surface area contributed by atoms with Crippen molar-refractivity contribution in [2.24, 2.45) is 0 Å². The van der Waals surface area contributed by atoms with E-state index >= 15 is 0 Å². The van der Waals surface area contributed by atoms with Gasteiger partial charge in [0.2, 0.25) is 5.91 Å². The summed E-state index contributed by atoms with van der Waals surface area (Å²) in [5.41, 5.74) is 0.354. The highest BCUT2D eigenvalue weighted by Crippen LogP contribution is 2.35. The van der Waals surface area contributed by atoms with Crippen molar-refractivity contribution >= 4 is 11.8 Å². The van der Waals surface area contributed by atoms with Crippen LogP contribution in [0.1, 0.15) is 60.0 Å². The van der Waals surface area contributed by atoms with Crippen LogP contribution in [-0.4, -0.2) is 29.0 Å². The van der Waals surface area contributed by atoms with Gasteiger partial charge in [0.25, 0.3) is 5.91 Å². The molecule has 0 aromatic heterocycles. The number of benzene rings is 3. The maximum Gasteiger partial charge on any atom is 0.416 e. The molecule has 1 saturated carbocycles. The molecule has 1 aliphatic rings. The minimum absolute atomic E-state index is 0.0568. The van der Waals surface area contributed by atoms with E-state index in [1.807, 2.05) is 30.3 Å². The van der Waals surface area contributed by atoms with Crippen molar-refractivity contribution in [1.82, 2.24) is 10.6 Å². The Hall–Kier alpha value is -3.81. The van der Waals surface area contributed by atoms with E-state index in [9.17, 15) is 27.9 Å². The molecule has 0 bridgehead atoms. The lowest BCUT2D eigenvalue weighted by Gasteiger charge is -2.23. The molecule has 0 unspecified atom stereocenters. The van der Waals surface area contributed by atoms with Gasteiger partial charge in [-0.15, -0.1) is 0 Å². The lowest BCUT2D eigenvalue weighted by atomic mass is 9.99. The van der Waals surface area contributed by atoms with Crippen LogP contribution in [0.25, 0.3) is 11.1 Å². The summed E-state index contributed by atoms with van der Waals surface area (Å²) in [7, 11) is 0. The fraction of sp³-hybridized carbons (Fsp3) is 0.333. The van der Waals surface area contributed by atoms with Gasteiger partial charge in [0.1, 0.15) is 11.8 Å². The van der Waals surface area contributed by atoms with Crippen LogP contribution in [0.3, 0.4) is 0 Å². The molecule has 1 fully saturated rings. The van der Waals surface area contributed by atoms with Crippen LogP contribution in [-0.2, 0) is 17.4 Å². The molecule has 38 heavy (non-hydrogen) atoms. The van der Waals surface area contributed by atoms with Crippen LogP contribution >= 0.6 is 0 Å². The number of hydrogen-bond acceptors (Lipinski definition) is 3. The summed E-state index contributed by atoms with van der Waals surface area (Å²) in [4.78, 5) is 26.6. The van der Waals surface area contributed by atoms with Crippen molar-refractivity contribution in [2.75, 3.05) is 0 Å². The van der Waals surface area contributed by atoms with E-state index in [-0.39, 0.29) is 40.8 Å². The third-order valence-corrected chi connectivity index (χ3v) is 6.87. The predicted octanol–water partition coefficient (Wildman–Crippen LogP) is 6.26. The average Bonchev–Trinajstić information content (AvgIpc) is 3.17. The first kappa shape index (κ1) is 27.2. The summed E-state index contributed by atoms with van der Waals surface area (Å²) in [6.45, 7) is 0. The number of nitrogens with one attached hydrogen (secondary N) is 2. The van der Waals surface area contributed by atoms with Crippen LogP contribution in [0, 0.1) is 0 Å². The van der Waals surface area contributed by atoms with Crippen molar-refractivity contribution in [3.63, 3.8) is 0 Å². The maximum atomic E-state index is 13.3. The lowest BCUT2D eigenvalue weighted by molar-refractivity contribution is -0.137. The molecule has 0 radical (unpaired) electrons. The van der Waals surface area contributed by atoms with Crippen molar-refractivity contribution < 1.29 is 27.9 Å². The Morgan fingerprint density at radius 2 is 1.61 bits per heavy atom. The Morgan fingerprint density at radius 3 is 2.29 bits per heavy atom. The largest absolute Gasteiger partial charge is 0.507 e. The molecule has 200 valence electrons. The summed E-state index contributed by atoms with van der Waals surface area (Å²) in [6.07, 6.45) is 1.92. The van der Waals surface area contributed by atoms with Crippen molar-refractivity contribution in [3.05, 3.63) is 89.5 Å². The Bertz CT molecular complexity index is 1250. The fourth-order valence-corrected chi connectivity index (χ4v) is 4.80. The van der Waals surface area contributed by atoms with Crippen LogP contribution in [0.5, 0.6) is 5.75 Å². The molecule has 5 nitrogen and oxygen atoms in total. The number of phenols is 1. The molecule has 3 aromatic carbocycles. The summed E-state index contributed by atoms with van der Waals surface area (Å²) in [6, 6.07) is 17.1. The highest BCUT2D eigenvalue weighted by Gasteiger charge is 2.31. The van der Waals surface area contributed by atoms with Gasteiger partial charge < -0.3 is 15.7 Å². The highest BCUT2D eigenvalue weighted by atomic mass is 19.4. The first-order valence-electron chi connectivity index (χ1n) is 12.9. The zero-order valence-corrected chi connectivity index (χ0v) is 20.9. The number of halogens is 3. The van der Waals surface area contributed by atoms with E-state index in [4.69, 9.17) is 0 Å². The monoisotopic (exact) mass is 524 g/mol. The van der Waals surface area contributed by atoms with Gasteiger partial charge in [-0.1, -0.05) is 68.1 Å². The Labute approximate surface area is 220 Å². The topological polar surface area (TPSA) is 78.4 Å². The molecule has 0 aliphatic heterocycles. The van der Waals surface area contributed by atoms with Crippen molar-refractivity contribution in [3.8, 4) is 16.9 Å². The van der Waals surface area contributed by atoms with Crippen molar-refractivity contribution in [2.45, 2.75) is 63.2 Å². The quantitative estimate of drug-likeness (QED) is 0.319. The molecule has 8 heteroatoms. The summed E-state index contributed by atoms with van der Waals surface area (Å²) in [5, 5.41) is 16.3. The normalized spacial score (nSPS) is 15.3. The van der Waals surface area contributed by atoms with Gasteiger partial charge >= 0.3 is 6.18 Å². The van der Waals surface area contributed by atoms with E-state index in [2.05, 4.69) is 10.6 Å². The standard InChI is InChI=1S/C30H31F3N2O3/c31-30(32,33)23-12-8-11-21(18-23)25-19-22(15-16-27(25)36)28(37)35-26(17-20-9-4-3-5-10-20)29(38)34-24-13-6-1-2-7-14-24/h3-5,8-12,15-16,18-19,24,26,36H,1-2,6-7,13-14,17H2,(H,34,38)(H,35,37)/t26-/m0/s1. The van der Waals surface area contributed by atoms with E-state index in [0.29, 0.717) is 0 Å². The molecular formula is C30H31F3N2O3. The van der Waals surface area contributed by atoms with Gasteiger partial charge in [0.15, 0.2) is 0 Å². The molecule has 0 spiro atoms. The van der Waals surface area contributed by atoms with Crippen LogP contribution in [0.2, 0.25) is 0 Å². The molecule has 0 saturated heterocycles. The van der Waals surface area contributed by atoms with E-state index in [0.717, 1.165) is 56.2 Å². The summed E-state index contributed by atoms with van der Waals surface area (Å²) >= 11 is 0. The van der Waals surface area contributed by atoms with Crippen LogP contribution in [0.15, 0.2) is 72.8 Å². The second-order valence-electron chi connectivity index (χ2n) is 9.72.